The maximum atomic E-state index is 3.47. The number of hydrogen-bond acceptors (Lipinski definition) is 3. The molecule has 2 heterocycles. The summed E-state index contributed by atoms with van der Waals surface area (Å²) in [5.41, 5.74) is 1.40. The van der Waals surface area contributed by atoms with E-state index in [9.17, 15) is 0 Å². The summed E-state index contributed by atoms with van der Waals surface area (Å²) in [5.74, 6) is 0. The molecule has 0 bridgehead atoms. The van der Waals surface area contributed by atoms with Crippen molar-refractivity contribution in [1.29, 1.82) is 0 Å². The van der Waals surface area contributed by atoms with Crippen LogP contribution in [0.2, 0.25) is 0 Å². The van der Waals surface area contributed by atoms with E-state index >= 15 is 0 Å². The van der Waals surface area contributed by atoms with Crippen molar-refractivity contribution in [3.05, 3.63) is 24.0 Å². The first-order chi connectivity index (χ1) is 8.25. The van der Waals surface area contributed by atoms with Crippen molar-refractivity contribution in [2.45, 2.75) is 12.5 Å². The molecule has 96 valence electrons. The molecule has 0 aliphatic carbocycles. The molecule has 0 radical (unpaired) electrons. The maximum absolute atomic E-state index is 3.47. The predicted molar refractivity (Wildman–Crippen MR) is 71.3 cm³/mol. The highest BCUT2D eigenvalue weighted by molar-refractivity contribution is 5.08. The van der Waals surface area contributed by atoms with Gasteiger partial charge in [-0.15, -0.1) is 0 Å². The fourth-order valence-electron chi connectivity index (χ4n) is 2.35. The third-order valence-corrected chi connectivity index (χ3v) is 3.61. The van der Waals surface area contributed by atoms with E-state index < -0.39 is 0 Å². The van der Waals surface area contributed by atoms with E-state index in [1.165, 1.54) is 5.56 Å². The fraction of sp³-hybridized carbons (Fsp3) is 0.692. The van der Waals surface area contributed by atoms with Crippen LogP contribution in [0.5, 0.6) is 0 Å². The van der Waals surface area contributed by atoms with Crippen LogP contribution in [0, 0.1) is 0 Å². The Balaban J connectivity index is 1.71. The lowest BCUT2D eigenvalue weighted by atomic mass is 10.2. The van der Waals surface area contributed by atoms with Crippen molar-refractivity contribution < 1.29 is 0 Å². The van der Waals surface area contributed by atoms with Crippen LogP contribution in [-0.2, 0) is 6.42 Å². The molecule has 1 aliphatic rings. The molecule has 2 N–H and O–H groups in total. The normalized spacial score (nSPS) is 22.2. The average molecular weight is 236 g/mol. The van der Waals surface area contributed by atoms with E-state index in [1.54, 1.807) is 0 Å². The first-order valence-electron chi connectivity index (χ1n) is 6.47. The standard InChI is InChI=1S/C13H24N4/c1-16(7-4-12-3-5-14-9-12)11-13-10-15-6-8-17(13)2/h3,5,9,13-15H,4,6-8,10-11H2,1-2H3. The molecule has 1 saturated heterocycles. The number of H-pyrrole nitrogens is 1. The molecule has 0 spiro atoms. The monoisotopic (exact) mass is 236 g/mol. The van der Waals surface area contributed by atoms with Gasteiger partial charge in [0.15, 0.2) is 0 Å². The molecule has 1 fully saturated rings. The molecule has 0 saturated carbocycles. The van der Waals surface area contributed by atoms with E-state index in [0.717, 1.165) is 39.1 Å². The molecule has 1 aliphatic heterocycles. The van der Waals surface area contributed by atoms with Gasteiger partial charge >= 0.3 is 0 Å². The Hall–Kier alpha value is -0.840. The number of hydrogen-bond donors (Lipinski definition) is 2. The van der Waals surface area contributed by atoms with E-state index in [4.69, 9.17) is 0 Å². The zero-order valence-electron chi connectivity index (χ0n) is 10.9. The fourth-order valence-corrected chi connectivity index (χ4v) is 2.35. The molecule has 1 aromatic heterocycles. The molecule has 2 rings (SSSR count). The molecule has 4 nitrogen and oxygen atoms in total. The van der Waals surface area contributed by atoms with Crippen LogP contribution in [0.15, 0.2) is 18.5 Å². The predicted octanol–water partition coefficient (Wildman–Crippen LogP) is 0.393. The van der Waals surface area contributed by atoms with Crippen molar-refractivity contribution in [1.82, 2.24) is 20.1 Å². The van der Waals surface area contributed by atoms with E-state index in [2.05, 4.69) is 46.5 Å². The lowest BCUT2D eigenvalue weighted by molar-refractivity contribution is 0.153. The van der Waals surface area contributed by atoms with Gasteiger partial charge in [0.1, 0.15) is 0 Å². The number of rotatable bonds is 5. The summed E-state index contributed by atoms with van der Waals surface area (Å²) in [6.07, 6.45) is 5.21. The van der Waals surface area contributed by atoms with Crippen LogP contribution >= 0.6 is 0 Å². The quantitative estimate of drug-likeness (QED) is 0.776. The van der Waals surface area contributed by atoms with Gasteiger partial charge in [-0.25, -0.2) is 0 Å². The van der Waals surface area contributed by atoms with Crippen molar-refractivity contribution in [2.75, 3.05) is 46.8 Å². The van der Waals surface area contributed by atoms with Crippen LogP contribution in [-0.4, -0.2) is 67.6 Å². The van der Waals surface area contributed by atoms with Crippen LogP contribution in [0.4, 0.5) is 0 Å². The highest BCUT2D eigenvalue weighted by Crippen LogP contribution is 2.04. The van der Waals surface area contributed by atoms with Crippen LogP contribution in [0.25, 0.3) is 0 Å². The Kier molecular flexibility index (Phi) is 4.59. The SMILES string of the molecule is CN(CCc1cc[nH]c1)CC1CNCCN1C. The molecule has 1 atom stereocenters. The molecule has 4 heteroatoms. The van der Waals surface area contributed by atoms with Crippen LogP contribution < -0.4 is 5.32 Å². The first kappa shape index (κ1) is 12.6. The Morgan fingerprint density at radius 2 is 2.41 bits per heavy atom. The molecule has 0 aromatic carbocycles. The number of piperazine rings is 1. The zero-order valence-corrected chi connectivity index (χ0v) is 10.9. The second kappa shape index (κ2) is 6.19. The van der Waals surface area contributed by atoms with Crippen LogP contribution in [0.1, 0.15) is 5.56 Å². The lowest BCUT2D eigenvalue weighted by Gasteiger charge is -2.35. The first-order valence-corrected chi connectivity index (χ1v) is 6.47. The maximum Gasteiger partial charge on any atom is 0.0345 e. The minimum Gasteiger partial charge on any atom is -0.367 e. The van der Waals surface area contributed by atoms with Gasteiger partial charge in [0.25, 0.3) is 0 Å². The Morgan fingerprint density at radius 1 is 1.53 bits per heavy atom. The van der Waals surface area contributed by atoms with Gasteiger partial charge in [-0.3, -0.25) is 4.90 Å². The van der Waals surface area contributed by atoms with Gasteiger partial charge in [0.05, 0.1) is 0 Å². The van der Waals surface area contributed by atoms with Gasteiger partial charge in [-0.2, -0.15) is 0 Å². The smallest absolute Gasteiger partial charge is 0.0345 e. The Morgan fingerprint density at radius 3 is 3.12 bits per heavy atom. The topological polar surface area (TPSA) is 34.3 Å². The van der Waals surface area contributed by atoms with Gasteiger partial charge in [-0.05, 0) is 32.1 Å². The second-order valence-electron chi connectivity index (χ2n) is 5.07. The van der Waals surface area contributed by atoms with Crippen LogP contribution in [0.3, 0.4) is 0 Å². The molecule has 1 aromatic rings. The van der Waals surface area contributed by atoms with Crippen molar-refractivity contribution >= 4 is 0 Å². The lowest BCUT2D eigenvalue weighted by Crippen LogP contribution is -2.53. The summed E-state index contributed by atoms with van der Waals surface area (Å²) >= 11 is 0. The van der Waals surface area contributed by atoms with E-state index in [1.807, 2.05) is 6.20 Å². The summed E-state index contributed by atoms with van der Waals surface area (Å²) in [6, 6.07) is 2.81. The number of nitrogens with one attached hydrogen (secondary N) is 2. The zero-order chi connectivity index (χ0) is 12.1. The molecule has 1 unspecified atom stereocenters. The minimum atomic E-state index is 0.653. The molecule has 0 amide bonds. The number of aromatic nitrogens is 1. The van der Waals surface area contributed by atoms with E-state index in [-0.39, 0.29) is 0 Å². The number of aromatic amines is 1. The average Bonchev–Trinajstić information content (AvgIpc) is 2.82. The second-order valence-corrected chi connectivity index (χ2v) is 5.07. The Bertz CT molecular complexity index is 309. The summed E-state index contributed by atoms with van der Waals surface area (Å²) in [7, 11) is 4.45. The largest absolute Gasteiger partial charge is 0.367 e. The number of nitrogens with zero attached hydrogens (tertiary/aromatic N) is 2. The molecule has 17 heavy (non-hydrogen) atoms. The summed E-state index contributed by atoms with van der Waals surface area (Å²) < 4.78 is 0. The summed E-state index contributed by atoms with van der Waals surface area (Å²) in [5, 5.41) is 3.47. The van der Waals surface area contributed by atoms with Gasteiger partial charge < -0.3 is 15.2 Å². The molecular formula is C13H24N4. The van der Waals surface area contributed by atoms with Crippen molar-refractivity contribution in [3.63, 3.8) is 0 Å². The summed E-state index contributed by atoms with van der Waals surface area (Å²) in [6.45, 7) is 5.68. The Labute approximate surface area is 104 Å². The van der Waals surface area contributed by atoms with Gasteiger partial charge in [0.2, 0.25) is 0 Å². The third-order valence-electron chi connectivity index (χ3n) is 3.61. The minimum absolute atomic E-state index is 0.653. The van der Waals surface area contributed by atoms with Gasteiger partial charge in [0, 0.05) is 51.2 Å². The molecular weight excluding hydrogens is 212 g/mol. The van der Waals surface area contributed by atoms with Crippen molar-refractivity contribution in [2.24, 2.45) is 0 Å². The van der Waals surface area contributed by atoms with Gasteiger partial charge in [-0.1, -0.05) is 0 Å². The van der Waals surface area contributed by atoms with Crippen molar-refractivity contribution in [3.8, 4) is 0 Å². The summed E-state index contributed by atoms with van der Waals surface area (Å²) in [4.78, 5) is 8.00. The highest BCUT2D eigenvalue weighted by atomic mass is 15.2. The van der Waals surface area contributed by atoms with E-state index in [0.29, 0.717) is 6.04 Å². The third kappa shape index (κ3) is 3.84. The number of likely N-dealkylation sites (N-methyl/N-ethyl adjacent to an activating group) is 2. The highest BCUT2D eigenvalue weighted by Gasteiger charge is 2.19.